The molecule has 1 fully saturated rings. The summed E-state index contributed by atoms with van der Waals surface area (Å²) in [7, 11) is 0. The van der Waals surface area contributed by atoms with Gasteiger partial charge in [0.05, 0.1) is 12.4 Å². The first-order chi connectivity index (χ1) is 9.61. The molecule has 1 amide bonds. The summed E-state index contributed by atoms with van der Waals surface area (Å²) in [4.78, 5) is 23.0. The largest absolute Gasteiger partial charge is 0.369 e. The molecule has 0 aliphatic heterocycles. The maximum Gasteiger partial charge on any atom is 0.274 e. The Morgan fingerprint density at radius 3 is 2.80 bits per heavy atom. The molecule has 1 heterocycles. The van der Waals surface area contributed by atoms with Crippen molar-refractivity contribution in [1.29, 1.82) is 0 Å². The van der Waals surface area contributed by atoms with Gasteiger partial charge in [0, 0.05) is 19.1 Å². The monoisotopic (exact) mass is 276 g/mol. The molecule has 0 saturated heterocycles. The Balaban J connectivity index is 2.08. The highest BCUT2D eigenvalue weighted by atomic mass is 16.2. The standard InChI is InChI=1S/C15H24N4O/c1-4-7-17-14-9-16-8-13(18-14)15(20)19(11(2)3)10-12-5-6-12/h8-9,11-12H,4-7,10H2,1-3H3,(H,17,18). The van der Waals surface area contributed by atoms with Crippen LogP contribution in [-0.2, 0) is 0 Å². The van der Waals surface area contributed by atoms with E-state index in [9.17, 15) is 4.79 Å². The van der Waals surface area contributed by atoms with E-state index in [2.05, 4.69) is 22.2 Å². The van der Waals surface area contributed by atoms with E-state index >= 15 is 0 Å². The molecule has 1 N–H and O–H groups in total. The maximum absolute atomic E-state index is 12.6. The summed E-state index contributed by atoms with van der Waals surface area (Å²) < 4.78 is 0. The molecule has 2 rings (SSSR count). The lowest BCUT2D eigenvalue weighted by molar-refractivity contribution is 0.0690. The Bertz CT molecular complexity index is 457. The van der Waals surface area contributed by atoms with Gasteiger partial charge in [0.25, 0.3) is 5.91 Å². The molecule has 0 radical (unpaired) electrons. The summed E-state index contributed by atoms with van der Waals surface area (Å²) in [5.74, 6) is 1.34. The molecule has 1 aliphatic rings. The highest BCUT2D eigenvalue weighted by molar-refractivity contribution is 5.92. The van der Waals surface area contributed by atoms with Gasteiger partial charge < -0.3 is 10.2 Å². The average molecular weight is 276 g/mol. The van der Waals surface area contributed by atoms with Crippen molar-refractivity contribution in [2.24, 2.45) is 5.92 Å². The van der Waals surface area contributed by atoms with E-state index in [1.54, 1.807) is 12.4 Å². The molecule has 1 aromatic rings. The topological polar surface area (TPSA) is 58.1 Å². The minimum atomic E-state index is -0.0143. The van der Waals surface area contributed by atoms with Gasteiger partial charge in [-0.3, -0.25) is 9.78 Å². The van der Waals surface area contributed by atoms with Gasteiger partial charge in [0.1, 0.15) is 11.5 Å². The van der Waals surface area contributed by atoms with Crippen LogP contribution in [0, 0.1) is 5.92 Å². The summed E-state index contributed by atoms with van der Waals surface area (Å²) in [5.41, 5.74) is 0.431. The van der Waals surface area contributed by atoms with Gasteiger partial charge in [0.15, 0.2) is 0 Å². The van der Waals surface area contributed by atoms with Gasteiger partial charge >= 0.3 is 0 Å². The number of hydrogen-bond donors (Lipinski definition) is 1. The molecule has 0 spiro atoms. The zero-order chi connectivity index (χ0) is 14.5. The minimum Gasteiger partial charge on any atom is -0.369 e. The van der Waals surface area contributed by atoms with E-state index in [1.807, 2.05) is 18.7 Å². The van der Waals surface area contributed by atoms with Gasteiger partial charge in [-0.2, -0.15) is 0 Å². The molecule has 5 nitrogen and oxygen atoms in total. The van der Waals surface area contributed by atoms with Crippen LogP contribution in [0.4, 0.5) is 5.82 Å². The Hall–Kier alpha value is -1.65. The van der Waals surface area contributed by atoms with Crippen LogP contribution in [0.3, 0.4) is 0 Å². The molecule has 110 valence electrons. The lowest BCUT2D eigenvalue weighted by atomic mass is 10.2. The molecule has 5 heteroatoms. The first-order valence-electron chi connectivity index (χ1n) is 7.48. The van der Waals surface area contributed by atoms with E-state index in [4.69, 9.17) is 0 Å². The number of rotatable bonds is 7. The number of carbonyl (C=O) groups is 1. The van der Waals surface area contributed by atoms with Crippen LogP contribution >= 0.6 is 0 Å². The molecule has 0 atom stereocenters. The van der Waals surface area contributed by atoms with Crippen molar-refractivity contribution in [1.82, 2.24) is 14.9 Å². The third kappa shape index (κ3) is 3.92. The summed E-state index contributed by atoms with van der Waals surface area (Å²) in [6, 6.07) is 0.192. The fourth-order valence-electron chi connectivity index (χ4n) is 2.06. The van der Waals surface area contributed by atoms with Crippen LogP contribution in [0.5, 0.6) is 0 Å². The van der Waals surface area contributed by atoms with Crippen molar-refractivity contribution >= 4 is 11.7 Å². The van der Waals surface area contributed by atoms with Gasteiger partial charge in [-0.15, -0.1) is 0 Å². The van der Waals surface area contributed by atoms with Crippen LogP contribution in [0.1, 0.15) is 50.5 Å². The van der Waals surface area contributed by atoms with Crippen molar-refractivity contribution < 1.29 is 4.79 Å². The fourth-order valence-corrected chi connectivity index (χ4v) is 2.06. The van der Waals surface area contributed by atoms with E-state index in [0.717, 1.165) is 19.5 Å². The maximum atomic E-state index is 12.6. The normalized spacial score (nSPS) is 14.4. The zero-order valence-electron chi connectivity index (χ0n) is 12.6. The van der Waals surface area contributed by atoms with Gasteiger partial charge in [-0.05, 0) is 39.0 Å². The molecular weight excluding hydrogens is 252 g/mol. The third-order valence-electron chi connectivity index (χ3n) is 3.45. The number of anilines is 1. The van der Waals surface area contributed by atoms with Gasteiger partial charge in [0.2, 0.25) is 0 Å². The Labute approximate surface area is 120 Å². The number of nitrogens with zero attached hydrogens (tertiary/aromatic N) is 3. The number of amides is 1. The van der Waals surface area contributed by atoms with Crippen LogP contribution < -0.4 is 5.32 Å². The molecular formula is C15H24N4O. The highest BCUT2D eigenvalue weighted by Gasteiger charge is 2.29. The zero-order valence-corrected chi connectivity index (χ0v) is 12.6. The molecule has 0 bridgehead atoms. The van der Waals surface area contributed by atoms with Crippen molar-refractivity contribution in [3.8, 4) is 0 Å². The predicted octanol–water partition coefficient (Wildman–Crippen LogP) is 2.56. The van der Waals surface area contributed by atoms with E-state index in [-0.39, 0.29) is 11.9 Å². The van der Waals surface area contributed by atoms with Gasteiger partial charge in [-0.1, -0.05) is 6.92 Å². The number of hydrogen-bond acceptors (Lipinski definition) is 4. The molecule has 1 aromatic heterocycles. The molecule has 0 aromatic carbocycles. The van der Waals surface area contributed by atoms with E-state index in [1.165, 1.54) is 12.8 Å². The fraction of sp³-hybridized carbons (Fsp3) is 0.667. The average Bonchev–Trinajstić information content (AvgIpc) is 3.26. The number of nitrogens with one attached hydrogen (secondary N) is 1. The first-order valence-corrected chi connectivity index (χ1v) is 7.48. The van der Waals surface area contributed by atoms with Gasteiger partial charge in [-0.25, -0.2) is 4.98 Å². The molecule has 1 aliphatic carbocycles. The van der Waals surface area contributed by atoms with Crippen LogP contribution in [0.2, 0.25) is 0 Å². The minimum absolute atomic E-state index is 0.0143. The smallest absolute Gasteiger partial charge is 0.274 e. The summed E-state index contributed by atoms with van der Waals surface area (Å²) in [6.45, 7) is 7.86. The number of aromatic nitrogens is 2. The lowest BCUT2D eigenvalue weighted by Crippen LogP contribution is -2.39. The SMILES string of the molecule is CCCNc1cncc(C(=O)N(CC2CC2)C(C)C)n1. The Kier molecular flexibility index (Phi) is 4.93. The highest BCUT2D eigenvalue weighted by Crippen LogP contribution is 2.30. The number of carbonyl (C=O) groups excluding carboxylic acids is 1. The summed E-state index contributed by atoms with van der Waals surface area (Å²) in [5, 5.41) is 3.17. The predicted molar refractivity (Wildman–Crippen MR) is 79.7 cm³/mol. The third-order valence-corrected chi connectivity index (χ3v) is 3.45. The van der Waals surface area contributed by atoms with Crippen molar-refractivity contribution in [3.63, 3.8) is 0 Å². The van der Waals surface area contributed by atoms with Crippen molar-refractivity contribution in [3.05, 3.63) is 18.1 Å². The Morgan fingerprint density at radius 2 is 2.20 bits per heavy atom. The molecule has 20 heavy (non-hydrogen) atoms. The molecule has 1 saturated carbocycles. The van der Waals surface area contributed by atoms with Crippen LogP contribution in [0.15, 0.2) is 12.4 Å². The Morgan fingerprint density at radius 1 is 1.45 bits per heavy atom. The van der Waals surface area contributed by atoms with E-state index in [0.29, 0.717) is 17.4 Å². The molecule has 0 unspecified atom stereocenters. The van der Waals surface area contributed by atoms with Crippen LogP contribution in [0.25, 0.3) is 0 Å². The second-order valence-electron chi connectivity index (χ2n) is 5.71. The van der Waals surface area contributed by atoms with E-state index < -0.39 is 0 Å². The first kappa shape index (κ1) is 14.8. The lowest BCUT2D eigenvalue weighted by Gasteiger charge is -2.26. The second kappa shape index (κ2) is 6.68. The summed E-state index contributed by atoms with van der Waals surface area (Å²) >= 11 is 0. The van der Waals surface area contributed by atoms with Crippen molar-refractivity contribution in [2.75, 3.05) is 18.4 Å². The quantitative estimate of drug-likeness (QED) is 0.831. The van der Waals surface area contributed by atoms with Crippen molar-refractivity contribution in [2.45, 2.75) is 46.1 Å². The van der Waals surface area contributed by atoms with Crippen LogP contribution in [-0.4, -0.2) is 39.9 Å². The second-order valence-corrected chi connectivity index (χ2v) is 5.71. The summed E-state index contributed by atoms with van der Waals surface area (Å²) in [6.07, 6.45) is 6.70.